The fraction of sp³-hybridized carbons (Fsp3) is 0.333. The van der Waals surface area contributed by atoms with Crippen LogP contribution < -0.4 is 5.32 Å². The number of ether oxygens (including phenoxy) is 1. The molecule has 1 atom stereocenters. The molecule has 5 nitrogen and oxygen atoms in total. The number of nitrogens with one attached hydrogen (secondary N) is 1. The molecule has 0 aliphatic carbocycles. The highest BCUT2D eigenvalue weighted by molar-refractivity contribution is 6.33. The van der Waals surface area contributed by atoms with Crippen LogP contribution in [-0.4, -0.2) is 37.0 Å². The molecule has 0 heterocycles. The summed E-state index contributed by atoms with van der Waals surface area (Å²) >= 11 is 6.08. The lowest BCUT2D eigenvalue weighted by Gasteiger charge is -2.24. The first-order valence-electron chi connectivity index (χ1n) is 8.88. The van der Waals surface area contributed by atoms with E-state index in [1.807, 2.05) is 49.4 Å². The lowest BCUT2D eigenvalue weighted by Crippen LogP contribution is -2.34. The molecule has 1 unspecified atom stereocenters. The van der Waals surface area contributed by atoms with Gasteiger partial charge in [-0.25, -0.2) is 0 Å². The van der Waals surface area contributed by atoms with Crippen molar-refractivity contribution < 1.29 is 14.3 Å². The van der Waals surface area contributed by atoms with E-state index in [1.54, 1.807) is 12.1 Å². The zero-order valence-corrected chi connectivity index (χ0v) is 16.4. The van der Waals surface area contributed by atoms with Crippen molar-refractivity contribution >= 4 is 29.2 Å². The number of carbonyl (C=O) groups is 2. The maximum absolute atomic E-state index is 12.3. The van der Waals surface area contributed by atoms with Gasteiger partial charge in [0.25, 0.3) is 0 Å². The molecule has 1 N–H and O–H groups in total. The number of methoxy groups -OCH3 is 1. The number of hydrogen-bond donors (Lipinski definition) is 1. The van der Waals surface area contributed by atoms with Crippen LogP contribution in [0.4, 0.5) is 5.69 Å². The van der Waals surface area contributed by atoms with Crippen molar-refractivity contribution in [3.05, 3.63) is 65.2 Å². The highest BCUT2D eigenvalue weighted by atomic mass is 35.5. The van der Waals surface area contributed by atoms with Gasteiger partial charge in [-0.2, -0.15) is 0 Å². The van der Waals surface area contributed by atoms with Crippen LogP contribution in [0.25, 0.3) is 0 Å². The summed E-state index contributed by atoms with van der Waals surface area (Å²) in [6, 6.07) is 17.1. The van der Waals surface area contributed by atoms with Gasteiger partial charge in [-0.05, 0) is 17.7 Å². The zero-order chi connectivity index (χ0) is 19.6. The number of nitrogens with zero attached hydrogens (tertiary/aromatic N) is 1. The molecule has 0 saturated carbocycles. The molecule has 0 aliphatic heterocycles. The van der Waals surface area contributed by atoms with E-state index in [9.17, 15) is 9.59 Å². The number of carbonyl (C=O) groups excluding carboxylic acids is 2. The third-order valence-corrected chi connectivity index (χ3v) is 4.52. The van der Waals surface area contributed by atoms with Crippen molar-refractivity contribution in [3.63, 3.8) is 0 Å². The Labute approximate surface area is 165 Å². The van der Waals surface area contributed by atoms with E-state index >= 15 is 0 Å². The van der Waals surface area contributed by atoms with Crippen LogP contribution in [0, 0.1) is 5.92 Å². The number of amides is 1. The molecule has 2 aromatic rings. The van der Waals surface area contributed by atoms with Gasteiger partial charge >= 0.3 is 5.97 Å². The van der Waals surface area contributed by atoms with E-state index in [2.05, 4.69) is 10.2 Å². The second-order valence-corrected chi connectivity index (χ2v) is 6.83. The van der Waals surface area contributed by atoms with Gasteiger partial charge in [0.1, 0.15) is 0 Å². The van der Waals surface area contributed by atoms with Gasteiger partial charge in [0, 0.05) is 26.1 Å². The van der Waals surface area contributed by atoms with E-state index in [-0.39, 0.29) is 17.8 Å². The number of anilines is 1. The zero-order valence-electron chi connectivity index (χ0n) is 15.7. The predicted molar refractivity (Wildman–Crippen MR) is 108 cm³/mol. The fourth-order valence-electron chi connectivity index (χ4n) is 2.77. The molecule has 2 aromatic carbocycles. The first-order valence-corrected chi connectivity index (χ1v) is 9.26. The minimum absolute atomic E-state index is 0.119. The second-order valence-electron chi connectivity index (χ2n) is 6.42. The summed E-state index contributed by atoms with van der Waals surface area (Å²) < 4.78 is 4.82. The van der Waals surface area contributed by atoms with Crippen LogP contribution in [0.5, 0.6) is 0 Å². The van der Waals surface area contributed by atoms with E-state index in [0.717, 1.165) is 5.56 Å². The Morgan fingerprint density at radius 3 is 2.44 bits per heavy atom. The number of hydrogen-bond acceptors (Lipinski definition) is 4. The van der Waals surface area contributed by atoms with E-state index in [1.165, 1.54) is 7.11 Å². The maximum atomic E-state index is 12.3. The Hall–Kier alpha value is -2.37. The Morgan fingerprint density at radius 1 is 1.11 bits per heavy atom. The minimum atomic E-state index is -0.273. The molecule has 0 radical (unpaired) electrons. The highest BCUT2D eigenvalue weighted by Gasteiger charge is 2.19. The minimum Gasteiger partial charge on any atom is -0.469 e. The average Bonchev–Trinajstić information content (AvgIpc) is 2.68. The van der Waals surface area contributed by atoms with Gasteiger partial charge < -0.3 is 10.1 Å². The SMILES string of the molecule is COC(=O)C(C)CN(CCC(=O)Nc1ccccc1Cl)Cc1ccccc1. The summed E-state index contributed by atoms with van der Waals surface area (Å²) in [6.45, 7) is 3.52. The molecular weight excluding hydrogens is 364 g/mol. The van der Waals surface area contributed by atoms with Crippen molar-refractivity contribution in [1.29, 1.82) is 0 Å². The summed E-state index contributed by atoms with van der Waals surface area (Å²) in [4.78, 5) is 26.2. The number of rotatable bonds is 9. The van der Waals surface area contributed by atoms with Crippen molar-refractivity contribution in [1.82, 2.24) is 4.90 Å². The summed E-state index contributed by atoms with van der Waals surface area (Å²) in [5.74, 6) is -0.647. The molecule has 2 rings (SSSR count). The summed E-state index contributed by atoms with van der Waals surface area (Å²) in [7, 11) is 1.39. The van der Waals surface area contributed by atoms with Crippen LogP contribution in [0.1, 0.15) is 18.9 Å². The van der Waals surface area contributed by atoms with Crippen molar-refractivity contribution in [2.24, 2.45) is 5.92 Å². The predicted octanol–water partition coefficient (Wildman–Crippen LogP) is 3.98. The van der Waals surface area contributed by atoms with Gasteiger partial charge in [-0.15, -0.1) is 0 Å². The van der Waals surface area contributed by atoms with Crippen molar-refractivity contribution in [3.8, 4) is 0 Å². The normalized spacial score (nSPS) is 11.9. The molecule has 1 amide bonds. The molecule has 6 heteroatoms. The second kappa shape index (κ2) is 10.7. The largest absolute Gasteiger partial charge is 0.469 e. The van der Waals surface area contributed by atoms with Gasteiger partial charge in [0.15, 0.2) is 0 Å². The monoisotopic (exact) mass is 388 g/mol. The van der Waals surface area contributed by atoms with E-state index in [4.69, 9.17) is 16.3 Å². The standard InChI is InChI=1S/C21H25ClN2O3/c1-16(21(26)27-2)14-24(15-17-8-4-3-5-9-17)13-12-20(25)23-19-11-7-6-10-18(19)22/h3-11,16H,12-15H2,1-2H3,(H,23,25). The van der Waals surface area contributed by atoms with Gasteiger partial charge in [0.2, 0.25) is 5.91 Å². The van der Waals surface area contributed by atoms with Crippen LogP contribution in [0.15, 0.2) is 54.6 Å². The quantitative estimate of drug-likeness (QED) is 0.660. The van der Waals surface area contributed by atoms with Gasteiger partial charge in [-0.3, -0.25) is 14.5 Å². The number of para-hydroxylation sites is 1. The average molecular weight is 389 g/mol. The molecule has 0 bridgehead atoms. The first-order chi connectivity index (χ1) is 13.0. The molecule has 0 aromatic heterocycles. The highest BCUT2D eigenvalue weighted by Crippen LogP contribution is 2.20. The van der Waals surface area contributed by atoms with E-state index in [0.29, 0.717) is 36.8 Å². The third kappa shape index (κ3) is 7.04. The molecule has 0 spiro atoms. The smallest absolute Gasteiger partial charge is 0.309 e. The summed E-state index contributed by atoms with van der Waals surface area (Å²) in [5, 5.41) is 3.33. The Balaban J connectivity index is 1.96. The Morgan fingerprint density at radius 2 is 1.78 bits per heavy atom. The number of esters is 1. The molecule has 27 heavy (non-hydrogen) atoms. The number of benzene rings is 2. The molecule has 0 aliphatic rings. The Bertz CT molecular complexity index is 752. The molecule has 144 valence electrons. The molecule has 0 fully saturated rings. The molecule has 0 saturated heterocycles. The van der Waals surface area contributed by atoms with Crippen molar-refractivity contribution in [2.75, 3.05) is 25.5 Å². The summed E-state index contributed by atoms with van der Waals surface area (Å²) in [5.41, 5.74) is 1.72. The first kappa shape index (κ1) is 20.9. The molecular formula is C21H25ClN2O3. The Kier molecular flexibility index (Phi) is 8.30. The van der Waals surface area contributed by atoms with Crippen LogP contribution in [-0.2, 0) is 20.9 Å². The van der Waals surface area contributed by atoms with Gasteiger partial charge in [0.05, 0.1) is 23.7 Å². The van der Waals surface area contributed by atoms with Crippen LogP contribution in [0.2, 0.25) is 5.02 Å². The van der Waals surface area contributed by atoms with E-state index < -0.39 is 0 Å². The third-order valence-electron chi connectivity index (χ3n) is 4.19. The maximum Gasteiger partial charge on any atom is 0.309 e. The lowest BCUT2D eigenvalue weighted by atomic mass is 10.1. The van der Waals surface area contributed by atoms with Crippen molar-refractivity contribution in [2.45, 2.75) is 19.9 Å². The number of halogens is 1. The summed E-state index contributed by atoms with van der Waals surface area (Å²) in [6.07, 6.45) is 0.298. The fourth-order valence-corrected chi connectivity index (χ4v) is 2.96. The topological polar surface area (TPSA) is 58.6 Å². The van der Waals surface area contributed by atoms with Crippen LogP contribution >= 0.6 is 11.6 Å². The van der Waals surface area contributed by atoms with Crippen LogP contribution in [0.3, 0.4) is 0 Å². The lowest BCUT2D eigenvalue weighted by molar-refractivity contribution is -0.145. The van der Waals surface area contributed by atoms with Gasteiger partial charge in [-0.1, -0.05) is 61.0 Å².